The standard InChI is InChI=1S/C14H21N3O2S/c1-2-19-13(18)12-10-20-14(15-12)17-8-5-11(9-17)16-6-3-4-7-16/h10-11H,2-9H2,1H3. The van der Waals surface area contributed by atoms with Gasteiger partial charge in [0.05, 0.1) is 6.61 Å². The van der Waals surface area contributed by atoms with Crippen LogP contribution in [0.2, 0.25) is 0 Å². The zero-order valence-corrected chi connectivity index (χ0v) is 12.7. The minimum atomic E-state index is -0.315. The van der Waals surface area contributed by atoms with Gasteiger partial charge in [0.15, 0.2) is 10.8 Å². The molecule has 2 aliphatic rings. The number of hydrogen-bond donors (Lipinski definition) is 0. The highest BCUT2D eigenvalue weighted by Crippen LogP contribution is 2.28. The molecule has 0 aliphatic carbocycles. The van der Waals surface area contributed by atoms with E-state index >= 15 is 0 Å². The minimum Gasteiger partial charge on any atom is -0.461 e. The Morgan fingerprint density at radius 1 is 1.45 bits per heavy atom. The first kappa shape index (κ1) is 13.8. The Bertz CT molecular complexity index is 471. The van der Waals surface area contributed by atoms with Crippen LogP contribution in [0, 0.1) is 0 Å². The van der Waals surface area contributed by atoms with Gasteiger partial charge in [0.25, 0.3) is 0 Å². The quantitative estimate of drug-likeness (QED) is 0.795. The van der Waals surface area contributed by atoms with Crippen molar-refractivity contribution in [1.29, 1.82) is 0 Å². The number of hydrogen-bond acceptors (Lipinski definition) is 6. The van der Waals surface area contributed by atoms with Crippen LogP contribution in [-0.2, 0) is 4.74 Å². The van der Waals surface area contributed by atoms with Crippen molar-refractivity contribution in [3.8, 4) is 0 Å². The van der Waals surface area contributed by atoms with Crippen LogP contribution in [0.3, 0.4) is 0 Å². The molecule has 3 heterocycles. The molecule has 0 aromatic carbocycles. The summed E-state index contributed by atoms with van der Waals surface area (Å²) >= 11 is 1.54. The van der Waals surface area contributed by atoms with E-state index in [0.717, 1.165) is 18.2 Å². The topological polar surface area (TPSA) is 45.7 Å². The maximum Gasteiger partial charge on any atom is 0.357 e. The van der Waals surface area contributed by atoms with Crippen LogP contribution in [0.15, 0.2) is 5.38 Å². The summed E-state index contributed by atoms with van der Waals surface area (Å²) in [5, 5.41) is 2.76. The summed E-state index contributed by atoms with van der Waals surface area (Å²) in [6.45, 7) is 6.76. The van der Waals surface area contributed by atoms with Gasteiger partial charge in [-0.15, -0.1) is 11.3 Å². The smallest absolute Gasteiger partial charge is 0.357 e. The molecule has 0 radical (unpaired) electrons. The fourth-order valence-corrected chi connectivity index (χ4v) is 3.86. The Hall–Kier alpha value is -1.14. The number of carbonyl (C=O) groups is 1. The van der Waals surface area contributed by atoms with Crippen LogP contribution in [0.25, 0.3) is 0 Å². The summed E-state index contributed by atoms with van der Waals surface area (Å²) in [5.74, 6) is -0.315. The van der Waals surface area contributed by atoms with E-state index in [9.17, 15) is 4.79 Å². The zero-order valence-electron chi connectivity index (χ0n) is 11.9. The number of rotatable bonds is 4. The van der Waals surface area contributed by atoms with Crippen molar-refractivity contribution in [2.75, 3.05) is 37.7 Å². The molecule has 0 spiro atoms. The Kier molecular flexibility index (Phi) is 4.21. The fraction of sp³-hybridized carbons (Fsp3) is 0.714. The average Bonchev–Trinajstić information content (AvgIpc) is 3.19. The number of carbonyl (C=O) groups excluding carboxylic acids is 1. The molecule has 2 fully saturated rings. The number of likely N-dealkylation sites (tertiary alicyclic amines) is 1. The van der Waals surface area contributed by atoms with Crippen molar-refractivity contribution in [1.82, 2.24) is 9.88 Å². The van der Waals surface area contributed by atoms with Crippen LogP contribution in [0.1, 0.15) is 36.7 Å². The lowest BCUT2D eigenvalue weighted by atomic mass is 10.2. The van der Waals surface area contributed by atoms with E-state index in [1.54, 1.807) is 16.7 Å². The molecule has 20 heavy (non-hydrogen) atoms. The molecule has 1 aromatic rings. The molecule has 1 atom stereocenters. The molecule has 2 aliphatic heterocycles. The fourth-order valence-electron chi connectivity index (χ4n) is 3.03. The van der Waals surface area contributed by atoms with E-state index in [1.807, 2.05) is 6.92 Å². The number of esters is 1. The highest BCUT2D eigenvalue weighted by Gasteiger charge is 2.30. The number of nitrogens with zero attached hydrogens (tertiary/aromatic N) is 3. The molecule has 0 N–H and O–H groups in total. The summed E-state index contributed by atoms with van der Waals surface area (Å²) in [5.41, 5.74) is 0.441. The number of anilines is 1. The molecule has 1 unspecified atom stereocenters. The van der Waals surface area contributed by atoms with Crippen molar-refractivity contribution < 1.29 is 9.53 Å². The Balaban J connectivity index is 1.61. The molecule has 6 heteroatoms. The van der Waals surface area contributed by atoms with Crippen molar-refractivity contribution in [3.05, 3.63) is 11.1 Å². The van der Waals surface area contributed by atoms with E-state index in [4.69, 9.17) is 4.74 Å². The highest BCUT2D eigenvalue weighted by atomic mass is 32.1. The SMILES string of the molecule is CCOC(=O)c1csc(N2CCC(N3CCCC3)C2)n1. The van der Waals surface area contributed by atoms with Gasteiger partial charge in [0.2, 0.25) is 0 Å². The van der Waals surface area contributed by atoms with Crippen LogP contribution < -0.4 is 4.90 Å². The Labute approximate surface area is 123 Å². The predicted molar refractivity (Wildman–Crippen MR) is 79.5 cm³/mol. The third-order valence-electron chi connectivity index (χ3n) is 4.07. The Morgan fingerprint density at radius 2 is 2.25 bits per heavy atom. The average molecular weight is 295 g/mol. The first-order valence-electron chi connectivity index (χ1n) is 7.39. The summed E-state index contributed by atoms with van der Waals surface area (Å²) in [6.07, 6.45) is 3.87. The second kappa shape index (κ2) is 6.10. The van der Waals surface area contributed by atoms with Gasteiger partial charge in [-0.3, -0.25) is 4.90 Å². The number of aromatic nitrogens is 1. The first-order chi connectivity index (χ1) is 9.78. The van der Waals surface area contributed by atoms with Crippen LogP contribution in [-0.4, -0.2) is 54.7 Å². The lowest BCUT2D eigenvalue weighted by Crippen LogP contribution is -2.35. The summed E-state index contributed by atoms with van der Waals surface area (Å²) in [6, 6.07) is 0.660. The lowest BCUT2D eigenvalue weighted by molar-refractivity contribution is 0.0520. The summed E-state index contributed by atoms with van der Waals surface area (Å²) in [7, 11) is 0. The van der Waals surface area contributed by atoms with Gasteiger partial charge in [-0.05, 0) is 39.3 Å². The van der Waals surface area contributed by atoms with Gasteiger partial charge in [-0.25, -0.2) is 9.78 Å². The van der Waals surface area contributed by atoms with E-state index in [0.29, 0.717) is 18.3 Å². The molecule has 5 nitrogen and oxygen atoms in total. The van der Waals surface area contributed by atoms with Crippen LogP contribution in [0.5, 0.6) is 0 Å². The maximum atomic E-state index is 11.6. The van der Waals surface area contributed by atoms with E-state index < -0.39 is 0 Å². The molecule has 2 saturated heterocycles. The molecule has 110 valence electrons. The van der Waals surface area contributed by atoms with Crippen molar-refractivity contribution in [3.63, 3.8) is 0 Å². The predicted octanol–water partition coefficient (Wildman–Crippen LogP) is 1.99. The largest absolute Gasteiger partial charge is 0.461 e. The second-order valence-corrected chi connectivity index (χ2v) is 6.20. The minimum absolute atomic E-state index is 0.315. The molecule has 1 aromatic heterocycles. The number of thiazole rings is 1. The van der Waals surface area contributed by atoms with Crippen LogP contribution >= 0.6 is 11.3 Å². The summed E-state index contributed by atoms with van der Waals surface area (Å²) in [4.78, 5) is 21.0. The van der Waals surface area contributed by atoms with Gasteiger partial charge in [-0.2, -0.15) is 0 Å². The van der Waals surface area contributed by atoms with Crippen molar-refractivity contribution >= 4 is 22.4 Å². The second-order valence-electron chi connectivity index (χ2n) is 5.37. The van der Waals surface area contributed by atoms with Gasteiger partial charge in [0, 0.05) is 24.5 Å². The van der Waals surface area contributed by atoms with Crippen molar-refractivity contribution in [2.24, 2.45) is 0 Å². The highest BCUT2D eigenvalue weighted by molar-refractivity contribution is 7.13. The first-order valence-corrected chi connectivity index (χ1v) is 8.27. The molecule has 0 amide bonds. The number of ether oxygens (including phenoxy) is 1. The third-order valence-corrected chi connectivity index (χ3v) is 4.97. The van der Waals surface area contributed by atoms with Crippen molar-refractivity contribution in [2.45, 2.75) is 32.2 Å². The molecule has 0 bridgehead atoms. The molecular formula is C14H21N3O2S. The van der Waals surface area contributed by atoms with Crippen LogP contribution in [0.4, 0.5) is 5.13 Å². The van der Waals surface area contributed by atoms with E-state index in [-0.39, 0.29) is 5.97 Å². The summed E-state index contributed by atoms with van der Waals surface area (Å²) < 4.78 is 4.98. The van der Waals surface area contributed by atoms with Gasteiger partial charge in [-0.1, -0.05) is 0 Å². The zero-order chi connectivity index (χ0) is 13.9. The Morgan fingerprint density at radius 3 is 3.00 bits per heavy atom. The maximum absolute atomic E-state index is 11.6. The molecular weight excluding hydrogens is 274 g/mol. The lowest BCUT2D eigenvalue weighted by Gasteiger charge is -2.23. The van der Waals surface area contributed by atoms with Gasteiger partial charge in [0.1, 0.15) is 0 Å². The third kappa shape index (κ3) is 2.81. The molecule has 3 rings (SSSR count). The van der Waals surface area contributed by atoms with E-state index in [1.165, 1.54) is 32.4 Å². The van der Waals surface area contributed by atoms with Gasteiger partial charge < -0.3 is 9.64 Å². The monoisotopic (exact) mass is 295 g/mol. The van der Waals surface area contributed by atoms with Gasteiger partial charge >= 0.3 is 5.97 Å². The molecule has 0 saturated carbocycles. The van der Waals surface area contributed by atoms with E-state index in [2.05, 4.69) is 14.8 Å². The normalized spacial score (nSPS) is 23.4.